The molecule has 0 heterocycles. The second kappa shape index (κ2) is 47.0. The number of allylic oxidation sites excluding steroid dienone is 16. The van der Waals surface area contributed by atoms with E-state index in [2.05, 4.69) is 118 Å². The lowest BCUT2D eigenvalue weighted by Gasteiger charge is -2.18. The Bertz CT molecular complexity index is 1220. The highest BCUT2D eigenvalue weighted by atomic mass is 16.6. The molecule has 6 nitrogen and oxygen atoms in total. The Morgan fingerprint density at radius 3 is 1.31 bits per heavy atom. The zero-order chi connectivity index (χ0) is 43.0. The predicted molar refractivity (Wildman–Crippen MR) is 251 cm³/mol. The van der Waals surface area contributed by atoms with Crippen LogP contribution in [0.2, 0.25) is 0 Å². The molecule has 0 bridgehead atoms. The predicted octanol–water partition coefficient (Wildman–Crippen LogP) is 15.4. The van der Waals surface area contributed by atoms with E-state index in [-0.39, 0.29) is 37.5 Å². The summed E-state index contributed by atoms with van der Waals surface area (Å²) in [6.07, 6.45) is 61.1. The zero-order valence-corrected chi connectivity index (χ0v) is 38.0. The lowest BCUT2D eigenvalue weighted by Crippen LogP contribution is -2.30. The SMILES string of the molecule is CC/C=C\C/C=C\C/C=C\CCCCCCC(=O)OC(COC(=O)CCC/C=C\CCCCCC)COC(=O)CCCCCCC\C=C/C=C\C=C/C=C\CCCCC. The second-order valence-corrected chi connectivity index (χ2v) is 15.4. The topological polar surface area (TPSA) is 78.9 Å². The highest BCUT2D eigenvalue weighted by Crippen LogP contribution is 2.12. The van der Waals surface area contributed by atoms with Crippen molar-refractivity contribution < 1.29 is 28.6 Å². The van der Waals surface area contributed by atoms with Crippen molar-refractivity contribution in [3.8, 4) is 0 Å². The number of ether oxygens (including phenoxy) is 3. The van der Waals surface area contributed by atoms with Crippen LogP contribution in [0.3, 0.4) is 0 Å². The molecule has 0 rings (SSSR count). The Morgan fingerprint density at radius 1 is 0.373 bits per heavy atom. The fourth-order valence-corrected chi connectivity index (χ4v) is 6.06. The number of esters is 3. The zero-order valence-electron chi connectivity index (χ0n) is 38.0. The lowest BCUT2D eigenvalue weighted by molar-refractivity contribution is -0.167. The normalized spacial score (nSPS) is 12.9. The summed E-state index contributed by atoms with van der Waals surface area (Å²) < 4.78 is 16.6. The Labute approximate surface area is 362 Å². The van der Waals surface area contributed by atoms with Gasteiger partial charge in [0.05, 0.1) is 0 Å². The molecule has 1 atom stereocenters. The molecule has 0 amide bonds. The van der Waals surface area contributed by atoms with Crippen LogP contribution in [0.4, 0.5) is 0 Å². The van der Waals surface area contributed by atoms with Crippen molar-refractivity contribution in [2.45, 2.75) is 207 Å². The first-order chi connectivity index (χ1) is 29.0. The van der Waals surface area contributed by atoms with E-state index in [0.29, 0.717) is 19.3 Å². The van der Waals surface area contributed by atoms with Gasteiger partial charge in [-0.2, -0.15) is 0 Å². The van der Waals surface area contributed by atoms with Crippen molar-refractivity contribution in [2.75, 3.05) is 13.2 Å². The number of hydrogen-bond acceptors (Lipinski definition) is 6. The van der Waals surface area contributed by atoms with Gasteiger partial charge in [0.15, 0.2) is 6.10 Å². The first-order valence-electron chi connectivity index (χ1n) is 23.8. The number of carbonyl (C=O) groups excluding carboxylic acids is 3. The molecule has 6 heteroatoms. The molecule has 0 N–H and O–H groups in total. The minimum atomic E-state index is -0.809. The maximum Gasteiger partial charge on any atom is 0.306 e. The van der Waals surface area contributed by atoms with Gasteiger partial charge in [-0.1, -0.05) is 182 Å². The average Bonchev–Trinajstić information content (AvgIpc) is 3.23. The number of carbonyl (C=O) groups is 3. The van der Waals surface area contributed by atoms with Gasteiger partial charge in [-0.25, -0.2) is 0 Å². The minimum Gasteiger partial charge on any atom is -0.462 e. The summed E-state index contributed by atoms with van der Waals surface area (Å²) >= 11 is 0. The quantitative estimate of drug-likeness (QED) is 0.0201. The van der Waals surface area contributed by atoms with E-state index in [0.717, 1.165) is 109 Å². The largest absolute Gasteiger partial charge is 0.462 e. The van der Waals surface area contributed by atoms with Crippen molar-refractivity contribution in [3.63, 3.8) is 0 Å². The maximum absolute atomic E-state index is 12.7. The summed E-state index contributed by atoms with van der Waals surface area (Å²) in [5.74, 6) is -0.998. The molecule has 59 heavy (non-hydrogen) atoms. The summed E-state index contributed by atoms with van der Waals surface area (Å²) in [5, 5.41) is 0. The molecule has 0 aromatic rings. The summed E-state index contributed by atoms with van der Waals surface area (Å²) in [6, 6.07) is 0. The van der Waals surface area contributed by atoms with Gasteiger partial charge in [-0.3, -0.25) is 14.4 Å². The first kappa shape index (κ1) is 55.3. The molecule has 0 aliphatic heterocycles. The van der Waals surface area contributed by atoms with Crippen molar-refractivity contribution in [1.29, 1.82) is 0 Å². The summed E-state index contributed by atoms with van der Waals surface area (Å²) in [5.41, 5.74) is 0. The van der Waals surface area contributed by atoms with Gasteiger partial charge in [0.25, 0.3) is 0 Å². The second-order valence-electron chi connectivity index (χ2n) is 15.4. The van der Waals surface area contributed by atoms with Crippen LogP contribution in [0.1, 0.15) is 201 Å². The van der Waals surface area contributed by atoms with Crippen LogP contribution in [0.5, 0.6) is 0 Å². The standard InChI is InChI=1S/C53H86O6/c1-4-7-10-13-16-19-21-23-25-26-27-28-30-31-34-37-40-43-46-52(55)58-49-50(48-57-51(54)45-42-39-36-33-18-15-12-9-6-3)59-53(56)47-44-41-38-35-32-29-24-22-20-17-14-11-8-5-2/h8,11,16-17,19-21,23-29,33,36,50H,4-7,9-10,12-15,18,22,30-32,34-35,37-49H2,1-3H3/b11-8-,19-16-,20-17-,23-21-,26-25-,28-27-,29-24-,36-33-. The third-order valence-corrected chi connectivity index (χ3v) is 9.64. The van der Waals surface area contributed by atoms with Gasteiger partial charge >= 0.3 is 17.9 Å². The van der Waals surface area contributed by atoms with Gasteiger partial charge in [-0.05, 0) is 96.3 Å². The van der Waals surface area contributed by atoms with Crippen molar-refractivity contribution >= 4 is 17.9 Å². The van der Waals surface area contributed by atoms with Crippen LogP contribution in [0, 0.1) is 0 Å². The molecule has 334 valence electrons. The molecular weight excluding hydrogens is 733 g/mol. The van der Waals surface area contributed by atoms with Crippen LogP contribution in [0.15, 0.2) is 97.2 Å². The summed E-state index contributed by atoms with van der Waals surface area (Å²) in [6.45, 7) is 6.36. The van der Waals surface area contributed by atoms with Crippen LogP contribution in [-0.2, 0) is 28.6 Å². The molecule has 0 aromatic heterocycles. The number of hydrogen-bond donors (Lipinski definition) is 0. The van der Waals surface area contributed by atoms with Crippen LogP contribution >= 0.6 is 0 Å². The first-order valence-corrected chi connectivity index (χ1v) is 23.8. The van der Waals surface area contributed by atoms with Gasteiger partial charge < -0.3 is 14.2 Å². The van der Waals surface area contributed by atoms with Crippen LogP contribution in [0.25, 0.3) is 0 Å². The van der Waals surface area contributed by atoms with Gasteiger partial charge in [-0.15, -0.1) is 0 Å². The minimum absolute atomic E-state index is 0.109. The van der Waals surface area contributed by atoms with Gasteiger partial charge in [0, 0.05) is 19.3 Å². The van der Waals surface area contributed by atoms with Crippen molar-refractivity contribution in [1.82, 2.24) is 0 Å². The Hall–Kier alpha value is -3.67. The van der Waals surface area contributed by atoms with E-state index >= 15 is 0 Å². The fraction of sp³-hybridized carbons (Fsp3) is 0.642. The summed E-state index contributed by atoms with van der Waals surface area (Å²) in [7, 11) is 0. The third kappa shape index (κ3) is 45.3. The van der Waals surface area contributed by atoms with E-state index in [4.69, 9.17) is 14.2 Å². The molecule has 0 aliphatic carbocycles. The van der Waals surface area contributed by atoms with E-state index < -0.39 is 6.10 Å². The number of rotatable bonds is 41. The molecule has 0 saturated heterocycles. The van der Waals surface area contributed by atoms with E-state index in [1.165, 1.54) is 44.9 Å². The molecule has 0 aromatic carbocycles. The van der Waals surface area contributed by atoms with Gasteiger partial charge in [0.2, 0.25) is 0 Å². The maximum atomic E-state index is 12.7. The number of unbranched alkanes of at least 4 members (excludes halogenated alkanes) is 17. The van der Waals surface area contributed by atoms with Crippen molar-refractivity contribution in [3.05, 3.63) is 97.2 Å². The lowest BCUT2D eigenvalue weighted by atomic mass is 10.1. The van der Waals surface area contributed by atoms with Gasteiger partial charge in [0.1, 0.15) is 13.2 Å². The van der Waals surface area contributed by atoms with E-state index in [1.807, 2.05) is 0 Å². The third-order valence-electron chi connectivity index (χ3n) is 9.64. The highest BCUT2D eigenvalue weighted by molar-refractivity contribution is 5.71. The van der Waals surface area contributed by atoms with Crippen LogP contribution < -0.4 is 0 Å². The van der Waals surface area contributed by atoms with E-state index in [1.54, 1.807) is 0 Å². The summed E-state index contributed by atoms with van der Waals surface area (Å²) in [4.78, 5) is 37.8. The molecule has 0 saturated carbocycles. The highest BCUT2D eigenvalue weighted by Gasteiger charge is 2.19. The smallest absolute Gasteiger partial charge is 0.306 e. The Morgan fingerprint density at radius 2 is 0.746 bits per heavy atom. The molecule has 0 fully saturated rings. The average molecular weight is 819 g/mol. The van der Waals surface area contributed by atoms with E-state index in [9.17, 15) is 14.4 Å². The molecule has 0 spiro atoms. The fourth-order valence-electron chi connectivity index (χ4n) is 6.06. The molecule has 0 aliphatic rings. The van der Waals surface area contributed by atoms with Crippen molar-refractivity contribution in [2.24, 2.45) is 0 Å². The molecule has 1 unspecified atom stereocenters. The van der Waals surface area contributed by atoms with Crippen LogP contribution in [-0.4, -0.2) is 37.2 Å². The monoisotopic (exact) mass is 819 g/mol. The Balaban J connectivity index is 4.47. The molecular formula is C53H86O6. The molecule has 0 radical (unpaired) electrons. The Kier molecular flexibility index (Phi) is 44.1.